The number of H-pyrrole nitrogens is 1. The maximum atomic E-state index is 13.8. The second-order valence-corrected chi connectivity index (χ2v) is 7.38. The highest BCUT2D eigenvalue weighted by molar-refractivity contribution is 5.93. The SMILES string of the molecule is CC(Oc1ccc2[nH]nc(-c3cnn(C)c3)c2c1)c1c(C(F)F)ccc2ncccc12. The Balaban J connectivity index is 1.55. The number of halogens is 2. The van der Waals surface area contributed by atoms with Crippen LogP contribution in [0.2, 0.25) is 0 Å². The van der Waals surface area contributed by atoms with Crippen molar-refractivity contribution < 1.29 is 13.5 Å². The molecule has 1 atom stereocenters. The zero-order valence-electron chi connectivity index (χ0n) is 16.9. The van der Waals surface area contributed by atoms with Gasteiger partial charge in [-0.2, -0.15) is 10.2 Å². The Morgan fingerprint density at radius 3 is 2.74 bits per heavy atom. The molecule has 0 saturated carbocycles. The van der Waals surface area contributed by atoms with Gasteiger partial charge in [-0.25, -0.2) is 8.78 Å². The van der Waals surface area contributed by atoms with E-state index < -0.39 is 12.5 Å². The highest BCUT2D eigenvalue weighted by atomic mass is 19.3. The summed E-state index contributed by atoms with van der Waals surface area (Å²) in [5.74, 6) is 0.563. The molecule has 0 amide bonds. The van der Waals surface area contributed by atoms with Crippen molar-refractivity contribution in [3.05, 3.63) is 72.2 Å². The van der Waals surface area contributed by atoms with Gasteiger partial charge in [0, 0.05) is 46.9 Å². The van der Waals surface area contributed by atoms with Crippen molar-refractivity contribution in [3.8, 4) is 17.0 Å². The molecule has 0 fully saturated rings. The van der Waals surface area contributed by atoms with E-state index in [0.29, 0.717) is 22.2 Å². The molecule has 156 valence electrons. The zero-order chi connectivity index (χ0) is 21.5. The van der Waals surface area contributed by atoms with Gasteiger partial charge in [0.05, 0.1) is 17.2 Å². The summed E-state index contributed by atoms with van der Waals surface area (Å²) >= 11 is 0. The number of ether oxygens (including phenoxy) is 1. The average Bonchev–Trinajstić information content (AvgIpc) is 3.38. The van der Waals surface area contributed by atoms with Crippen LogP contribution in [-0.2, 0) is 7.05 Å². The number of benzene rings is 2. The van der Waals surface area contributed by atoms with Crippen molar-refractivity contribution >= 4 is 21.8 Å². The van der Waals surface area contributed by atoms with Gasteiger partial charge in [-0.15, -0.1) is 0 Å². The maximum Gasteiger partial charge on any atom is 0.264 e. The first-order valence-electron chi connectivity index (χ1n) is 9.81. The fourth-order valence-electron chi connectivity index (χ4n) is 3.93. The normalized spacial score (nSPS) is 12.7. The van der Waals surface area contributed by atoms with Crippen LogP contribution >= 0.6 is 0 Å². The molecule has 0 aliphatic heterocycles. The molecule has 3 heterocycles. The van der Waals surface area contributed by atoms with Crippen molar-refractivity contribution in [2.45, 2.75) is 19.5 Å². The molecular formula is C23H19F2N5O. The summed E-state index contributed by atoms with van der Waals surface area (Å²) < 4.78 is 35.4. The number of alkyl halides is 2. The fraction of sp³-hybridized carbons (Fsp3) is 0.174. The molecule has 5 aromatic rings. The molecule has 0 aliphatic rings. The fourth-order valence-corrected chi connectivity index (χ4v) is 3.93. The lowest BCUT2D eigenvalue weighted by Gasteiger charge is -2.20. The summed E-state index contributed by atoms with van der Waals surface area (Å²) in [5, 5.41) is 13.1. The zero-order valence-corrected chi connectivity index (χ0v) is 16.9. The molecule has 5 rings (SSSR count). The number of aromatic amines is 1. The van der Waals surface area contributed by atoms with Crippen LogP contribution in [0.15, 0.2) is 61.1 Å². The van der Waals surface area contributed by atoms with E-state index in [-0.39, 0.29) is 5.56 Å². The molecular weight excluding hydrogens is 400 g/mol. The molecule has 0 spiro atoms. The Hall–Kier alpha value is -3.81. The summed E-state index contributed by atoms with van der Waals surface area (Å²) in [4.78, 5) is 4.29. The number of rotatable bonds is 5. The van der Waals surface area contributed by atoms with Crippen molar-refractivity contribution in [2.75, 3.05) is 0 Å². The van der Waals surface area contributed by atoms with E-state index >= 15 is 0 Å². The first kappa shape index (κ1) is 19.2. The second kappa shape index (κ2) is 7.46. The molecule has 1 unspecified atom stereocenters. The van der Waals surface area contributed by atoms with Gasteiger partial charge in [0.25, 0.3) is 6.43 Å². The van der Waals surface area contributed by atoms with Gasteiger partial charge >= 0.3 is 0 Å². The molecule has 0 bridgehead atoms. The van der Waals surface area contributed by atoms with Crippen LogP contribution in [0.5, 0.6) is 5.75 Å². The van der Waals surface area contributed by atoms with E-state index in [1.54, 1.807) is 48.3 Å². The third-order valence-electron chi connectivity index (χ3n) is 5.33. The highest BCUT2D eigenvalue weighted by Crippen LogP contribution is 2.36. The lowest BCUT2D eigenvalue weighted by atomic mass is 9.97. The average molecular weight is 419 g/mol. The lowest BCUT2D eigenvalue weighted by molar-refractivity contribution is 0.144. The number of nitrogens with one attached hydrogen (secondary N) is 1. The van der Waals surface area contributed by atoms with Gasteiger partial charge in [-0.1, -0.05) is 12.1 Å². The summed E-state index contributed by atoms with van der Waals surface area (Å²) in [7, 11) is 1.84. The summed E-state index contributed by atoms with van der Waals surface area (Å²) in [6, 6.07) is 12.1. The van der Waals surface area contributed by atoms with Crippen LogP contribution in [-0.4, -0.2) is 25.0 Å². The minimum atomic E-state index is -2.61. The third kappa shape index (κ3) is 3.39. The van der Waals surface area contributed by atoms with Gasteiger partial charge in [0.1, 0.15) is 17.5 Å². The van der Waals surface area contributed by atoms with E-state index in [1.165, 1.54) is 6.07 Å². The quantitative estimate of drug-likeness (QED) is 0.403. The molecule has 31 heavy (non-hydrogen) atoms. The third-order valence-corrected chi connectivity index (χ3v) is 5.33. The van der Waals surface area contributed by atoms with Crippen LogP contribution < -0.4 is 4.74 Å². The second-order valence-electron chi connectivity index (χ2n) is 7.38. The number of aromatic nitrogens is 5. The number of fused-ring (bicyclic) bond motifs is 2. The van der Waals surface area contributed by atoms with Crippen LogP contribution in [0, 0.1) is 0 Å². The van der Waals surface area contributed by atoms with Gasteiger partial charge in [0.15, 0.2) is 0 Å². The minimum absolute atomic E-state index is 0.0477. The largest absolute Gasteiger partial charge is 0.486 e. The van der Waals surface area contributed by atoms with Crippen molar-refractivity contribution in [3.63, 3.8) is 0 Å². The Morgan fingerprint density at radius 2 is 1.97 bits per heavy atom. The molecule has 0 aliphatic carbocycles. The predicted molar refractivity (Wildman–Crippen MR) is 114 cm³/mol. The van der Waals surface area contributed by atoms with Gasteiger partial charge in [0.2, 0.25) is 0 Å². The Kier molecular flexibility index (Phi) is 4.62. The molecule has 8 heteroatoms. The maximum absolute atomic E-state index is 13.8. The van der Waals surface area contributed by atoms with E-state index in [9.17, 15) is 8.78 Å². The molecule has 0 saturated heterocycles. The smallest absolute Gasteiger partial charge is 0.264 e. The van der Waals surface area contributed by atoms with Crippen molar-refractivity contribution in [1.82, 2.24) is 25.0 Å². The van der Waals surface area contributed by atoms with E-state index in [2.05, 4.69) is 20.3 Å². The molecule has 6 nitrogen and oxygen atoms in total. The first-order chi connectivity index (χ1) is 15.0. The number of pyridine rings is 1. The van der Waals surface area contributed by atoms with Gasteiger partial charge in [-0.05, 0) is 37.3 Å². The summed E-state index contributed by atoms with van der Waals surface area (Å²) in [5.41, 5.74) is 3.53. The number of hydrogen-bond acceptors (Lipinski definition) is 4. The Bertz CT molecular complexity index is 1390. The van der Waals surface area contributed by atoms with Crippen LogP contribution in [0.1, 0.15) is 30.6 Å². The minimum Gasteiger partial charge on any atom is -0.486 e. The lowest BCUT2D eigenvalue weighted by Crippen LogP contribution is -2.08. The number of nitrogens with zero attached hydrogens (tertiary/aromatic N) is 4. The Morgan fingerprint density at radius 1 is 1.10 bits per heavy atom. The van der Waals surface area contributed by atoms with E-state index in [1.807, 2.05) is 25.4 Å². The van der Waals surface area contributed by atoms with Crippen LogP contribution in [0.3, 0.4) is 0 Å². The van der Waals surface area contributed by atoms with Gasteiger partial charge < -0.3 is 4.74 Å². The molecule has 1 N–H and O–H groups in total. The monoisotopic (exact) mass is 419 g/mol. The summed E-state index contributed by atoms with van der Waals surface area (Å²) in [6.45, 7) is 1.77. The van der Waals surface area contributed by atoms with Gasteiger partial charge in [-0.3, -0.25) is 14.8 Å². The first-order valence-corrected chi connectivity index (χ1v) is 9.81. The van der Waals surface area contributed by atoms with Crippen LogP contribution in [0.4, 0.5) is 8.78 Å². The molecule has 0 radical (unpaired) electrons. The Labute approximate surface area is 176 Å². The number of hydrogen-bond donors (Lipinski definition) is 1. The van der Waals surface area contributed by atoms with E-state index in [4.69, 9.17) is 4.74 Å². The van der Waals surface area contributed by atoms with Crippen LogP contribution in [0.25, 0.3) is 33.1 Å². The highest BCUT2D eigenvalue weighted by Gasteiger charge is 2.22. The van der Waals surface area contributed by atoms with Crippen molar-refractivity contribution in [1.29, 1.82) is 0 Å². The topological polar surface area (TPSA) is 68.6 Å². The molecule has 2 aromatic carbocycles. The molecule has 3 aromatic heterocycles. The predicted octanol–water partition coefficient (Wildman–Crippen LogP) is 5.59. The van der Waals surface area contributed by atoms with E-state index in [0.717, 1.165) is 22.2 Å². The standard InChI is InChI=1S/C23H19F2N5O/c1-13(21-16-4-3-9-26-19(16)8-6-17(21)23(24)25)31-15-5-7-20-18(10-15)22(29-28-20)14-11-27-30(2)12-14/h3-13,23H,1-2H3,(H,28,29). The van der Waals surface area contributed by atoms with Crippen molar-refractivity contribution in [2.24, 2.45) is 7.05 Å². The number of aryl methyl sites for hydroxylation is 1. The summed E-state index contributed by atoms with van der Waals surface area (Å²) in [6.07, 6.45) is 2.04.